The monoisotopic (exact) mass is 121 g/mol. The van der Waals surface area contributed by atoms with Crippen LogP contribution < -0.4 is 5.32 Å². The highest BCUT2D eigenvalue weighted by molar-refractivity contribution is 4.63. The van der Waals surface area contributed by atoms with Gasteiger partial charge < -0.3 is 15.3 Å². The quantitative estimate of drug-likeness (QED) is 0.326. The van der Waals surface area contributed by atoms with E-state index in [1.54, 1.807) is 0 Å². The number of nitrogens with one attached hydrogen (secondary N) is 1. The van der Waals surface area contributed by atoms with Crippen molar-refractivity contribution in [1.29, 1.82) is 0 Å². The lowest BCUT2D eigenvalue weighted by Gasteiger charge is -2.22. The van der Waals surface area contributed by atoms with Crippen LogP contribution in [0.2, 0.25) is 0 Å². The molecule has 0 saturated carbocycles. The molecule has 0 aromatic carbocycles. The molecule has 0 bridgehead atoms. The summed E-state index contributed by atoms with van der Waals surface area (Å²) in [7, 11) is 1.34. The summed E-state index contributed by atoms with van der Waals surface area (Å²) in [5.41, 5.74) is 0. The maximum Gasteiger partial charge on any atom is 0.249 e. The van der Waals surface area contributed by atoms with E-state index >= 15 is 0 Å². The van der Waals surface area contributed by atoms with E-state index in [-0.39, 0.29) is 0 Å². The molecule has 0 aliphatic heterocycles. The number of hydrogen-bond acceptors (Lipinski definition) is 4. The molecule has 0 aromatic rings. The molecule has 0 radical (unpaired) electrons. The van der Waals surface area contributed by atoms with E-state index in [2.05, 4.69) is 5.32 Å². The normalized spacial score (nSPS) is 16.1. The van der Waals surface area contributed by atoms with E-state index in [4.69, 9.17) is 15.3 Å². The van der Waals surface area contributed by atoms with Gasteiger partial charge in [-0.3, -0.25) is 5.32 Å². The Balaban J connectivity index is 3.71. The molecule has 4 N–H and O–H groups in total. The molecule has 8 heavy (non-hydrogen) atoms. The van der Waals surface area contributed by atoms with Gasteiger partial charge in [0, 0.05) is 0 Å². The zero-order valence-electron chi connectivity index (χ0n) is 4.92. The van der Waals surface area contributed by atoms with Gasteiger partial charge in [0.1, 0.15) is 6.10 Å². The van der Waals surface area contributed by atoms with Crippen molar-refractivity contribution in [1.82, 2.24) is 5.32 Å². The molecule has 4 nitrogen and oxygen atoms in total. The van der Waals surface area contributed by atoms with Gasteiger partial charge in [-0.15, -0.1) is 0 Å². The molecule has 0 aromatic heterocycles. The lowest BCUT2D eigenvalue weighted by Crippen LogP contribution is -2.51. The number of aliphatic hydroxyl groups is 3. The highest BCUT2D eigenvalue weighted by Gasteiger charge is 2.26. The van der Waals surface area contributed by atoms with Crippen LogP contribution in [-0.4, -0.2) is 34.4 Å². The van der Waals surface area contributed by atoms with E-state index in [0.717, 1.165) is 0 Å². The van der Waals surface area contributed by atoms with Crippen molar-refractivity contribution in [3.63, 3.8) is 0 Å². The fraction of sp³-hybridized carbons (Fsp3) is 1.00. The Morgan fingerprint density at radius 1 is 1.50 bits per heavy atom. The van der Waals surface area contributed by atoms with Gasteiger partial charge in [-0.2, -0.15) is 0 Å². The third-order valence-corrected chi connectivity index (χ3v) is 0.951. The van der Waals surface area contributed by atoms with Gasteiger partial charge in [0.2, 0.25) is 5.91 Å². The number of likely N-dealkylation sites (N-methyl/N-ethyl adjacent to an activating group) is 1. The predicted molar refractivity (Wildman–Crippen MR) is 27.9 cm³/mol. The summed E-state index contributed by atoms with van der Waals surface area (Å²) < 4.78 is 0. The van der Waals surface area contributed by atoms with E-state index < -0.39 is 12.0 Å². The molecule has 0 saturated heterocycles. The number of rotatable bonds is 2. The van der Waals surface area contributed by atoms with Gasteiger partial charge in [0.15, 0.2) is 0 Å². The summed E-state index contributed by atoms with van der Waals surface area (Å²) in [5.74, 6) is -2.15. The molecule has 0 aliphatic rings. The summed E-state index contributed by atoms with van der Waals surface area (Å²) in [6.07, 6.45) is -1.19. The van der Waals surface area contributed by atoms with Gasteiger partial charge in [-0.1, -0.05) is 0 Å². The second-order valence-electron chi connectivity index (χ2n) is 1.65. The molecule has 50 valence electrons. The lowest BCUT2D eigenvalue weighted by atomic mass is 10.3. The largest absolute Gasteiger partial charge is 0.386 e. The second-order valence-corrected chi connectivity index (χ2v) is 1.65. The Kier molecular flexibility index (Phi) is 2.36. The predicted octanol–water partition coefficient (Wildman–Crippen LogP) is -1.78. The Labute approximate surface area is 47.8 Å². The zero-order valence-corrected chi connectivity index (χ0v) is 4.92. The fourth-order valence-corrected chi connectivity index (χ4v) is 0.209. The van der Waals surface area contributed by atoms with Crippen molar-refractivity contribution < 1.29 is 15.3 Å². The minimum atomic E-state index is -2.15. The fourth-order valence-electron chi connectivity index (χ4n) is 0.209. The zero-order chi connectivity index (χ0) is 6.78. The van der Waals surface area contributed by atoms with Gasteiger partial charge in [-0.05, 0) is 14.0 Å². The molecule has 0 rings (SSSR count). The van der Waals surface area contributed by atoms with Crippen LogP contribution in [0.25, 0.3) is 0 Å². The number of aliphatic hydroxyl groups excluding tert-OH is 1. The Morgan fingerprint density at radius 2 is 1.88 bits per heavy atom. The summed E-state index contributed by atoms with van der Waals surface area (Å²) in [5, 5.41) is 27.8. The standard InChI is InChI=1S/C4H11NO3/c1-3(6)4(7,8)5-2/h3,5-8H,1-2H3. The van der Waals surface area contributed by atoms with Crippen LogP contribution in [0.1, 0.15) is 6.92 Å². The first-order valence-electron chi connectivity index (χ1n) is 2.32. The van der Waals surface area contributed by atoms with Crippen LogP contribution in [0, 0.1) is 0 Å². The van der Waals surface area contributed by atoms with Crippen molar-refractivity contribution >= 4 is 0 Å². The van der Waals surface area contributed by atoms with Crippen molar-refractivity contribution in [2.75, 3.05) is 7.05 Å². The van der Waals surface area contributed by atoms with Gasteiger partial charge in [-0.25, -0.2) is 0 Å². The van der Waals surface area contributed by atoms with Crippen LogP contribution >= 0.6 is 0 Å². The smallest absolute Gasteiger partial charge is 0.249 e. The minimum Gasteiger partial charge on any atom is -0.386 e. The highest BCUT2D eigenvalue weighted by Crippen LogP contribution is 1.98. The molecule has 0 fully saturated rings. The van der Waals surface area contributed by atoms with Gasteiger partial charge in [0.05, 0.1) is 0 Å². The second kappa shape index (κ2) is 2.41. The first-order valence-corrected chi connectivity index (χ1v) is 2.32. The number of hydrogen-bond donors (Lipinski definition) is 4. The molecular formula is C4H11NO3. The van der Waals surface area contributed by atoms with Gasteiger partial charge >= 0.3 is 0 Å². The van der Waals surface area contributed by atoms with Crippen LogP contribution in [0.4, 0.5) is 0 Å². The van der Waals surface area contributed by atoms with E-state index in [1.807, 2.05) is 0 Å². The lowest BCUT2D eigenvalue weighted by molar-refractivity contribution is -0.236. The van der Waals surface area contributed by atoms with Crippen LogP contribution in [0.3, 0.4) is 0 Å². The van der Waals surface area contributed by atoms with Crippen LogP contribution in [0.5, 0.6) is 0 Å². The maximum atomic E-state index is 8.59. The molecule has 0 heterocycles. The van der Waals surface area contributed by atoms with E-state index in [0.29, 0.717) is 0 Å². The van der Waals surface area contributed by atoms with Crippen LogP contribution in [-0.2, 0) is 0 Å². The van der Waals surface area contributed by atoms with Crippen molar-refractivity contribution in [2.45, 2.75) is 18.9 Å². The third kappa shape index (κ3) is 1.75. The Bertz CT molecular complexity index is 71.7. The van der Waals surface area contributed by atoms with E-state index in [9.17, 15) is 0 Å². The summed E-state index contributed by atoms with van der Waals surface area (Å²) in [6, 6.07) is 0. The molecule has 0 amide bonds. The Morgan fingerprint density at radius 3 is 1.88 bits per heavy atom. The van der Waals surface area contributed by atoms with Crippen molar-refractivity contribution in [2.24, 2.45) is 0 Å². The summed E-state index contributed by atoms with van der Waals surface area (Å²) >= 11 is 0. The SMILES string of the molecule is CNC(O)(O)C(C)O. The maximum absolute atomic E-state index is 8.59. The van der Waals surface area contributed by atoms with Crippen molar-refractivity contribution in [3.8, 4) is 0 Å². The topological polar surface area (TPSA) is 72.7 Å². The molecule has 1 unspecified atom stereocenters. The van der Waals surface area contributed by atoms with E-state index in [1.165, 1.54) is 14.0 Å². The Hall–Kier alpha value is -0.160. The average Bonchev–Trinajstić information content (AvgIpc) is 1.67. The van der Waals surface area contributed by atoms with Gasteiger partial charge in [0.25, 0.3) is 0 Å². The third-order valence-electron chi connectivity index (χ3n) is 0.951. The molecular weight excluding hydrogens is 110 g/mol. The molecule has 0 spiro atoms. The highest BCUT2D eigenvalue weighted by atomic mass is 16.5. The summed E-state index contributed by atoms with van der Waals surface area (Å²) in [4.78, 5) is 0. The summed E-state index contributed by atoms with van der Waals surface area (Å²) in [6.45, 7) is 1.27. The van der Waals surface area contributed by atoms with Crippen molar-refractivity contribution in [3.05, 3.63) is 0 Å². The molecule has 1 atom stereocenters. The average molecular weight is 121 g/mol. The first kappa shape index (κ1) is 7.84. The molecule has 0 aliphatic carbocycles. The first-order chi connectivity index (χ1) is 3.50. The van der Waals surface area contributed by atoms with Crippen LogP contribution in [0.15, 0.2) is 0 Å². The minimum absolute atomic E-state index is 1.19. The molecule has 4 heteroatoms.